The van der Waals surface area contributed by atoms with E-state index in [0.29, 0.717) is 17.5 Å². The molecule has 0 aliphatic carbocycles. The van der Waals surface area contributed by atoms with E-state index >= 15 is 0 Å². The quantitative estimate of drug-likeness (QED) is 0.272. The normalized spacial score (nSPS) is 18.4. The fourth-order valence-corrected chi connectivity index (χ4v) is 5.81. The summed E-state index contributed by atoms with van der Waals surface area (Å²) in [6.45, 7) is 1.36. The van der Waals surface area contributed by atoms with Crippen molar-refractivity contribution in [3.8, 4) is 22.6 Å². The number of amides is 1. The molecule has 0 saturated carbocycles. The molecule has 2 unspecified atom stereocenters. The highest BCUT2D eigenvalue weighted by molar-refractivity contribution is 7.55. The molecule has 37 heavy (non-hydrogen) atoms. The molecule has 3 heterocycles. The molecule has 0 radical (unpaired) electrons. The molecule has 6 rings (SSSR count). The number of ether oxygens (including phenoxy) is 2. The van der Waals surface area contributed by atoms with Gasteiger partial charge in [0.2, 0.25) is 0 Å². The summed E-state index contributed by atoms with van der Waals surface area (Å²) >= 11 is 0. The van der Waals surface area contributed by atoms with Crippen molar-refractivity contribution in [2.75, 3.05) is 26.7 Å². The lowest BCUT2D eigenvalue weighted by Gasteiger charge is -2.24. The number of benzene rings is 3. The monoisotopic (exact) mass is 521 g/mol. The number of nitrogens with zero attached hydrogens (tertiary/aromatic N) is 3. The molecule has 2 atom stereocenters. The Kier molecular flexibility index (Phi) is 5.87. The molecular weight excluding hydrogens is 495 g/mol. The predicted molar refractivity (Wildman–Crippen MR) is 140 cm³/mol. The zero-order chi connectivity index (χ0) is 25.8. The highest BCUT2D eigenvalue weighted by Gasteiger charge is 2.45. The molecule has 1 aromatic heterocycles. The number of fused-ring (bicyclic) bond motifs is 9. The van der Waals surface area contributed by atoms with Crippen molar-refractivity contribution in [3.63, 3.8) is 0 Å². The molecule has 4 aromatic rings. The highest BCUT2D eigenvalue weighted by atomic mass is 31.1. The second-order valence-corrected chi connectivity index (χ2v) is 12.1. The molecule has 2 aliphatic heterocycles. The number of carbonyl (C=O) groups is 1. The van der Waals surface area contributed by atoms with Gasteiger partial charge in [-0.25, -0.2) is 4.98 Å². The summed E-state index contributed by atoms with van der Waals surface area (Å²) < 4.78 is 39.4. The fourth-order valence-electron chi connectivity index (χ4n) is 5.41. The summed E-state index contributed by atoms with van der Waals surface area (Å²) in [6, 6.07) is 18.2. The van der Waals surface area contributed by atoms with Gasteiger partial charge in [-0.3, -0.25) is 4.79 Å². The smallest absolute Gasteiger partial charge is 0.387 e. The number of carbonyl (C=O) groups excluding carboxylic acids is 1. The minimum atomic E-state index is -2.99. The van der Waals surface area contributed by atoms with Crippen molar-refractivity contribution in [3.05, 3.63) is 77.6 Å². The van der Waals surface area contributed by atoms with Crippen LogP contribution in [0.3, 0.4) is 0 Å². The van der Waals surface area contributed by atoms with Crippen LogP contribution in [0.5, 0.6) is 11.5 Å². The lowest BCUT2D eigenvalue weighted by molar-refractivity contribution is -0.0507. The van der Waals surface area contributed by atoms with Gasteiger partial charge < -0.3 is 18.9 Å². The lowest BCUT2D eigenvalue weighted by Crippen LogP contribution is -2.30. The van der Waals surface area contributed by atoms with E-state index in [1.165, 1.54) is 6.07 Å². The van der Waals surface area contributed by atoms with E-state index in [4.69, 9.17) is 14.5 Å². The summed E-state index contributed by atoms with van der Waals surface area (Å²) in [7, 11) is 1.60. The SMILES string of the molecule is CN1C(=O)c2cccc(OC(F)F)c2C2CC1c1nc3ccc(-c4ccc(OCP(C)C)cc4)cc3n12. The number of imidazole rings is 1. The van der Waals surface area contributed by atoms with Crippen molar-refractivity contribution in [2.45, 2.75) is 25.1 Å². The molecule has 3 aromatic carbocycles. The van der Waals surface area contributed by atoms with Gasteiger partial charge in [0.15, 0.2) is 0 Å². The van der Waals surface area contributed by atoms with E-state index in [1.807, 2.05) is 36.4 Å². The van der Waals surface area contributed by atoms with Gasteiger partial charge in [0.25, 0.3) is 5.91 Å². The second-order valence-electron chi connectivity index (χ2n) is 9.70. The molecule has 0 spiro atoms. The van der Waals surface area contributed by atoms with E-state index in [2.05, 4.69) is 24.0 Å². The van der Waals surface area contributed by atoms with Crippen LogP contribution in [0.2, 0.25) is 0 Å². The average Bonchev–Trinajstić information content (AvgIpc) is 3.40. The standard InChI is InChI=1S/C28H26F2N3O3P/c1-32-23-14-22(25-19(27(32)34)5-4-6-24(25)36-28(29)30)33-21-13-17(9-12-20(21)31-26(23)33)16-7-10-18(11-8-16)35-15-37(2)3/h4-13,22-23,28H,14-15H2,1-3H3. The third-order valence-electron chi connectivity index (χ3n) is 7.08. The van der Waals surface area contributed by atoms with Gasteiger partial charge in [0.1, 0.15) is 23.7 Å². The van der Waals surface area contributed by atoms with Crippen LogP contribution in [-0.4, -0.2) is 53.7 Å². The number of hydrogen-bond acceptors (Lipinski definition) is 4. The van der Waals surface area contributed by atoms with E-state index in [0.717, 1.165) is 40.1 Å². The van der Waals surface area contributed by atoms with Crippen molar-refractivity contribution in [2.24, 2.45) is 0 Å². The number of rotatable bonds is 6. The first-order chi connectivity index (χ1) is 17.8. The van der Waals surface area contributed by atoms with Gasteiger partial charge in [-0.05, 0) is 60.9 Å². The molecule has 2 bridgehead atoms. The number of halogens is 2. The van der Waals surface area contributed by atoms with Crippen molar-refractivity contribution in [1.29, 1.82) is 0 Å². The number of aromatic nitrogens is 2. The number of alkyl halides is 2. The summed E-state index contributed by atoms with van der Waals surface area (Å²) in [6.07, 6.45) is 1.27. The third kappa shape index (κ3) is 4.04. The zero-order valence-corrected chi connectivity index (χ0v) is 21.6. The fraction of sp³-hybridized carbons (Fsp3) is 0.286. The van der Waals surface area contributed by atoms with E-state index in [9.17, 15) is 13.6 Å². The van der Waals surface area contributed by atoms with Gasteiger partial charge in [0, 0.05) is 24.6 Å². The Bertz CT molecular complexity index is 1500. The maximum atomic E-state index is 13.3. The van der Waals surface area contributed by atoms with Gasteiger partial charge in [0.05, 0.1) is 23.1 Å². The van der Waals surface area contributed by atoms with E-state index in [1.54, 1.807) is 24.1 Å². The van der Waals surface area contributed by atoms with Crippen LogP contribution in [-0.2, 0) is 0 Å². The maximum Gasteiger partial charge on any atom is 0.387 e. The minimum absolute atomic E-state index is 0.0316. The minimum Gasteiger partial charge on any atom is -0.489 e. The maximum absolute atomic E-state index is 13.3. The molecule has 0 fully saturated rings. The van der Waals surface area contributed by atoms with Crippen LogP contribution in [0.1, 0.15) is 40.3 Å². The molecular formula is C28H26F2N3O3P. The van der Waals surface area contributed by atoms with Gasteiger partial charge in [-0.15, -0.1) is 0 Å². The Morgan fingerprint density at radius 2 is 1.81 bits per heavy atom. The predicted octanol–water partition coefficient (Wildman–Crippen LogP) is 6.50. The molecule has 6 nitrogen and oxygen atoms in total. The third-order valence-corrected chi connectivity index (χ3v) is 7.73. The summed E-state index contributed by atoms with van der Waals surface area (Å²) in [5.41, 5.74) is 4.60. The Morgan fingerprint density at radius 3 is 2.54 bits per heavy atom. The number of hydrogen-bond donors (Lipinski definition) is 0. The first-order valence-corrected chi connectivity index (χ1v) is 14.5. The Balaban J connectivity index is 1.46. The Hall–Kier alpha value is -3.51. The van der Waals surface area contributed by atoms with Crippen molar-refractivity contribution in [1.82, 2.24) is 14.5 Å². The first kappa shape index (κ1) is 23.9. The summed E-state index contributed by atoms with van der Waals surface area (Å²) in [5.74, 6) is 1.41. The topological polar surface area (TPSA) is 56.6 Å². The largest absolute Gasteiger partial charge is 0.489 e. The van der Waals surface area contributed by atoms with Gasteiger partial charge in [-0.2, -0.15) is 8.78 Å². The molecule has 2 aliphatic rings. The van der Waals surface area contributed by atoms with Crippen LogP contribution in [0.15, 0.2) is 60.7 Å². The first-order valence-electron chi connectivity index (χ1n) is 12.1. The van der Waals surface area contributed by atoms with Crippen LogP contribution >= 0.6 is 7.92 Å². The van der Waals surface area contributed by atoms with Gasteiger partial charge in [-0.1, -0.05) is 32.2 Å². The van der Waals surface area contributed by atoms with Crippen molar-refractivity contribution >= 4 is 24.9 Å². The molecule has 1 amide bonds. The summed E-state index contributed by atoms with van der Waals surface area (Å²) in [5, 5.41) is 0. The summed E-state index contributed by atoms with van der Waals surface area (Å²) in [4.78, 5) is 19.8. The van der Waals surface area contributed by atoms with E-state index < -0.39 is 6.61 Å². The Morgan fingerprint density at radius 1 is 1.05 bits per heavy atom. The Labute approximate surface area is 214 Å². The van der Waals surface area contributed by atoms with Crippen molar-refractivity contribution < 1.29 is 23.0 Å². The van der Waals surface area contributed by atoms with Crippen LogP contribution in [0, 0.1) is 0 Å². The van der Waals surface area contributed by atoms with Crippen LogP contribution in [0.4, 0.5) is 8.78 Å². The van der Waals surface area contributed by atoms with Crippen LogP contribution in [0.25, 0.3) is 22.2 Å². The average molecular weight is 522 g/mol. The van der Waals surface area contributed by atoms with Crippen LogP contribution < -0.4 is 9.47 Å². The zero-order valence-electron chi connectivity index (χ0n) is 20.7. The highest BCUT2D eigenvalue weighted by Crippen LogP contribution is 2.50. The molecule has 9 heteroatoms. The second kappa shape index (κ2) is 9.10. The molecule has 0 N–H and O–H groups in total. The van der Waals surface area contributed by atoms with E-state index in [-0.39, 0.29) is 31.7 Å². The molecule has 0 saturated heterocycles. The molecule has 190 valence electrons. The van der Waals surface area contributed by atoms with Gasteiger partial charge >= 0.3 is 6.61 Å². The lowest BCUT2D eigenvalue weighted by atomic mass is 9.97.